The first-order chi connectivity index (χ1) is 9.65. The Bertz CT molecular complexity index is 508. The summed E-state index contributed by atoms with van der Waals surface area (Å²) in [7, 11) is 0. The van der Waals surface area contributed by atoms with Crippen LogP contribution in [-0.4, -0.2) is 48.2 Å². The van der Waals surface area contributed by atoms with Gasteiger partial charge in [-0.3, -0.25) is 9.69 Å². The highest BCUT2D eigenvalue weighted by Crippen LogP contribution is 2.31. The van der Waals surface area contributed by atoms with Crippen LogP contribution in [0.25, 0.3) is 0 Å². The van der Waals surface area contributed by atoms with Crippen LogP contribution in [0.15, 0.2) is 28.7 Å². The third kappa shape index (κ3) is 2.69. The van der Waals surface area contributed by atoms with Crippen LogP contribution in [0.2, 0.25) is 0 Å². The molecule has 0 aromatic heterocycles. The molecule has 0 saturated carbocycles. The molecule has 2 unspecified atom stereocenters. The van der Waals surface area contributed by atoms with E-state index in [2.05, 4.69) is 43.9 Å². The Balaban J connectivity index is 1.63. The van der Waals surface area contributed by atoms with Gasteiger partial charge >= 0.3 is 5.97 Å². The number of likely N-dealkylation sites (tertiary alicyclic amines) is 1. The average molecular weight is 339 g/mol. The largest absolute Gasteiger partial charge is 0.481 e. The minimum Gasteiger partial charge on any atom is -0.481 e. The Kier molecular flexibility index (Phi) is 3.98. The summed E-state index contributed by atoms with van der Waals surface area (Å²) in [5, 5.41) is 9.10. The van der Waals surface area contributed by atoms with Gasteiger partial charge in [-0.25, -0.2) is 0 Å². The highest BCUT2D eigenvalue weighted by molar-refractivity contribution is 9.10. The topological polar surface area (TPSA) is 43.8 Å². The van der Waals surface area contributed by atoms with E-state index in [1.807, 2.05) is 6.07 Å². The molecule has 1 N–H and O–H groups in total. The number of rotatable bonds is 3. The Morgan fingerprint density at radius 1 is 1.20 bits per heavy atom. The van der Waals surface area contributed by atoms with E-state index in [9.17, 15) is 4.79 Å². The molecule has 2 heterocycles. The minimum absolute atomic E-state index is 0.174. The predicted molar refractivity (Wildman–Crippen MR) is 82.1 cm³/mol. The number of anilines is 1. The molecule has 0 radical (unpaired) electrons. The zero-order chi connectivity index (χ0) is 14.1. The maximum atomic E-state index is 11.0. The average Bonchev–Trinajstić information content (AvgIpc) is 3.08. The molecule has 2 aliphatic heterocycles. The predicted octanol–water partition coefficient (Wildman–Crippen LogP) is 2.43. The van der Waals surface area contributed by atoms with Crippen LogP contribution < -0.4 is 4.90 Å². The van der Waals surface area contributed by atoms with Crippen LogP contribution in [-0.2, 0) is 4.79 Å². The Morgan fingerprint density at radius 2 is 2.00 bits per heavy atom. The van der Waals surface area contributed by atoms with Crippen molar-refractivity contribution in [3.63, 3.8) is 0 Å². The monoisotopic (exact) mass is 338 g/mol. The molecule has 108 valence electrons. The van der Waals surface area contributed by atoms with Crippen molar-refractivity contribution in [3.05, 3.63) is 28.7 Å². The molecule has 3 rings (SSSR count). The second kappa shape index (κ2) is 5.74. The smallest absolute Gasteiger partial charge is 0.307 e. The summed E-state index contributed by atoms with van der Waals surface area (Å²) in [4.78, 5) is 15.8. The van der Waals surface area contributed by atoms with E-state index in [1.54, 1.807) is 0 Å². The first kappa shape index (κ1) is 13.9. The number of halogens is 1. The molecule has 2 atom stereocenters. The molecule has 0 amide bonds. The summed E-state index contributed by atoms with van der Waals surface area (Å²) in [6.45, 7) is 3.67. The summed E-state index contributed by atoms with van der Waals surface area (Å²) in [5.74, 6) is -0.819. The van der Waals surface area contributed by atoms with E-state index in [1.165, 1.54) is 5.69 Å². The molecule has 0 bridgehead atoms. The van der Waals surface area contributed by atoms with Gasteiger partial charge in [-0.2, -0.15) is 0 Å². The zero-order valence-electron chi connectivity index (χ0n) is 11.3. The summed E-state index contributed by atoms with van der Waals surface area (Å²) in [5.41, 5.74) is 1.24. The van der Waals surface area contributed by atoms with Crippen LogP contribution in [0, 0.1) is 5.92 Å². The summed E-state index contributed by atoms with van der Waals surface area (Å²) >= 11 is 3.61. The number of carbonyl (C=O) groups is 1. The van der Waals surface area contributed by atoms with E-state index in [0.29, 0.717) is 12.6 Å². The van der Waals surface area contributed by atoms with Crippen LogP contribution >= 0.6 is 15.9 Å². The van der Waals surface area contributed by atoms with Crippen molar-refractivity contribution in [1.29, 1.82) is 0 Å². The Hall–Kier alpha value is -1.07. The Labute approximate surface area is 127 Å². The van der Waals surface area contributed by atoms with Crippen molar-refractivity contribution >= 4 is 27.6 Å². The number of benzene rings is 1. The van der Waals surface area contributed by atoms with Gasteiger partial charge in [-0.1, -0.05) is 12.1 Å². The number of hydrogen-bond donors (Lipinski definition) is 1. The SMILES string of the molecule is O=C(O)C1CCN(C2CCN(c3ccccc3Br)C2)C1. The first-order valence-corrected chi connectivity index (χ1v) is 7.91. The molecular weight excluding hydrogens is 320 g/mol. The lowest BCUT2D eigenvalue weighted by Gasteiger charge is -2.25. The van der Waals surface area contributed by atoms with Crippen LogP contribution in [0.3, 0.4) is 0 Å². The van der Waals surface area contributed by atoms with E-state index < -0.39 is 5.97 Å². The van der Waals surface area contributed by atoms with Crippen molar-refractivity contribution < 1.29 is 9.90 Å². The van der Waals surface area contributed by atoms with Crippen molar-refractivity contribution in [1.82, 2.24) is 4.90 Å². The van der Waals surface area contributed by atoms with E-state index in [0.717, 1.165) is 36.9 Å². The second-order valence-electron chi connectivity index (χ2n) is 5.66. The lowest BCUT2D eigenvalue weighted by molar-refractivity contribution is -0.141. The van der Waals surface area contributed by atoms with Crippen molar-refractivity contribution in [2.45, 2.75) is 18.9 Å². The standard InChI is InChI=1S/C15H19BrN2O2/c16-13-3-1-2-4-14(13)18-8-6-12(10-18)17-7-5-11(9-17)15(19)20/h1-4,11-12H,5-10H2,(H,19,20). The fourth-order valence-electron chi connectivity index (χ4n) is 3.29. The van der Waals surface area contributed by atoms with Crippen molar-refractivity contribution in [2.75, 3.05) is 31.1 Å². The maximum Gasteiger partial charge on any atom is 0.307 e. The van der Waals surface area contributed by atoms with Gasteiger partial charge in [0.25, 0.3) is 0 Å². The normalized spacial score (nSPS) is 27.1. The van der Waals surface area contributed by atoms with Crippen LogP contribution in [0.4, 0.5) is 5.69 Å². The fraction of sp³-hybridized carbons (Fsp3) is 0.533. The summed E-state index contributed by atoms with van der Waals surface area (Å²) in [6, 6.07) is 8.78. The molecular formula is C15H19BrN2O2. The second-order valence-corrected chi connectivity index (χ2v) is 6.51. The van der Waals surface area contributed by atoms with Gasteiger partial charge in [0.05, 0.1) is 11.6 Å². The number of para-hydroxylation sites is 1. The first-order valence-electron chi connectivity index (χ1n) is 7.11. The maximum absolute atomic E-state index is 11.0. The molecule has 2 fully saturated rings. The molecule has 5 heteroatoms. The minimum atomic E-state index is -0.645. The van der Waals surface area contributed by atoms with E-state index >= 15 is 0 Å². The highest BCUT2D eigenvalue weighted by atomic mass is 79.9. The number of carboxylic acid groups (broad SMARTS) is 1. The fourth-order valence-corrected chi connectivity index (χ4v) is 3.82. The lowest BCUT2D eigenvalue weighted by Crippen LogP contribution is -2.36. The molecule has 4 nitrogen and oxygen atoms in total. The van der Waals surface area contributed by atoms with Crippen molar-refractivity contribution in [2.24, 2.45) is 5.92 Å². The number of nitrogens with zero attached hydrogens (tertiary/aromatic N) is 2. The molecule has 1 aromatic carbocycles. The number of carboxylic acids is 1. The lowest BCUT2D eigenvalue weighted by atomic mass is 10.1. The highest BCUT2D eigenvalue weighted by Gasteiger charge is 2.35. The van der Waals surface area contributed by atoms with Gasteiger partial charge in [0.15, 0.2) is 0 Å². The molecule has 0 spiro atoms. The van der Waals surface area contributed by atoms with Gasteiger partial charge in [0.2, 0.25) is 0 Å². The summed E-state index contributed by atoms with van der Waals surface area (Å²) in [6.07, 6.45) is 1.91. The molecule has 2 aliphatic rings. The molecule has 1 aromatic rings. The number of aliphatic carboxylic acids is 1. The third-order valence-corrected chi connectivity index (χ3v) is 5.11. The van der Waals surface area contributed by atoms with Gasteiger partial charge in [0.1, 0.15) is 0 Å². The Morgan fingerprint density at radius 3 is 2.70 bits per heavy atom. The molecule has 20 heavy (non-hydrogen) atoms. The van der Waals surface area contributed by atoms with Crippen molar-refractivity contribution in [3.8, 4) is 0 Å². The van der Waals surface area contributed by atoms with Gasteiger partial charge in [-0.05, 0) is 47.4 Å². The third-order valence-electron chi connectivity index (χ3n) is 4.44. The molecule has 2 saturated heterocycles. The zero-order valence-corrected chi connectivity index (χ0v) is 12.9. The van der Waals surface area contributed by atoms with Crippen LogP contribution in [0.1, 0.15) is 12.8 Å². The number of hydrogen-bond acceptors (Lipinski definition) is 3. The van der Waals surface area contributed by atoms with Gasteiger partial charge in [-0.15, -0.1) is 0 Å². The summed E-state index contributed by atoms with van der Waals surface area (Å²) < 4.78 is 1.13. The van der Waals surface area contributed by atoms with E-state index in [4.69, 9.17) is 5.11 Å². The van der Waals surface area contributed by atoms with Crippen LogP contribution in [0.5, 0.6) is 0 Å². The van der Waals surface area contributed by atoms with Gasteiger partial charge < -0.3 is 10.0 Å². The van der Waals surface area contributed by atoms with E-state index in [-0.39, 0.29) is 5.92 Å². The quantitative estimate of drug-likeness (QED) is 0.919. The molecule has 0 aliphatic carbocycles. The van der Waals surface area contributed by atoms with Gasteiger partial charge in [0, 0.05) is 30.1 Å².